The molecular formula is C51H43NO. The highest BCUT2D eigenvalue weighted by Gasteiger charge is 2.19. The SMILES string of the molecule is C=C/C=C\c1c(C)c2ccccc2c2cc(N(C/C=C\C(CC=C)C(=C)C)c3ccc(-c4cccc5c4oc4ccccc45)c4ccccc34)ccc12. The molecule has 0 bridgehead atoms. The van der Waals surface area contributed by atoms with Crippen molar-refractivity contribution >= 4 is 71.7 Å². The number of hydrogen-bond donors (Lipinski definition) is 0. The molecule has 1 atom stereocenters. The Morgan fingerprint density at radius 1 is 0.698 bits per heavy atom. The van der Waals surface area contributed by atoms with Crippen molar-refractivity contribution in [3.63, 3.8) is 0 Å². The van der Waals surface area contributed by atoms with Crippen LogP contribution < -0.4 is 4.90 Å². The van der Waals surface area contributed by atoms with Gasteiger partial charge in [0.25, 0.3) is 0 Å². The minimum atomic E-state index is 0.237. The fraction of sp³-hybridized carbons (Fsp3) is 0.0980. The highest BCUT2D eigenvalue weighted by atomic mass is 16.3. The Balaban J connectivity index is 1.34. The fourth-order valence-corrected chi connectivity index (χ4v) is 7.94. The van der Waals surface area contributed by atoms with Gasteiger partial charge in [-0.3, -0.25) is 0 Å². The number of rotatable bonds is 11. The van der Waals surface area contributed by atoms with Crippen LogP contribution in [0.5, 0.6) is 0 Å². The third-order valence-corrected chi connectivity index (χ3v) is 10.6. The van der Waals surface area contributed by atoms with E-state index in [0.29, 0.717) is 6.54 Å². The first-order valence-electron chi connectivity index (χ1n) is 18.4. The molecule has 1 aromatic heterocycles. The van der Waals surface area contributed by atoms with Crippen LogP contribution in [0.2, 0.25) is 0 Å². The standard InChI is InChI=1S/C51H43NO/c1-6-8-19-38-35(5)39-20-9-10-21-40(39)48-33-37(28-29-42(38)48)52(32-16-18-36(17-7-2)34(3)4)49-31-30-43(41-22-11-12-23-44(41)49)46-25-15-26-47-45-24-13-14-27-50(45)53-51(46)47/h6-16,18-31,33,36H,1-3,17,32H2,4-5H3/b18-16-,19-8-. The molecule has 0 aliphatic rings. The van der Waals surface area contributed by atoms with E-state index in [1.807, 2.05) is 30.4 Å². The fourth-order valence-electron chi connectivity index (χ4n) is 7.94. The Morgan fingerprint density at radius 2 is 1.42 bits per heavy atom. The molecule has 0 saturated heterocycles. The van der Waals surface area contributed by atoms with Crippen molar-refractivity contribution in [3.05, 3.63) is 188 Å². The van der Waals surface area contributed by atoms with E-state index in [9.17, 15) is 0 Å². The lowest BCUT2D eigenvalue weighted by Gasteiger charge is -2.27. The molecule has 0 aliphatic carbocycles. The maximum absolute atomic E-state index is 6.52. The Bertz CT molecular complexity index is 2770. The van der Waals surface area contributed by atoms with Gasteiger partial charge in [-0.05, 0) is 88.2 Å². The minimum Gasteiger partial charge on any atom is -0.455 e. The number of nitrogens with zero attached hydrogens (tertiary/aromatic N) is 1. The molecule has 258 valence electrons. The van der Waals surface area contributed by atoms with Gasteiger partial charge in [-0.2, -0.15) is 0 Å². The number of para-hydroxylation sites is 2. The third kappa shape index (κ3) is 6.07. The Morgan fingerprint density at radius 3 is 2.19 bits per heavy atom. The lowest BCUT2D eigenvalue weighted by molar-refractivity contribution is 0.670. The van der Waals surface area contributed by atoms with E-state index in [1.54, 1.807) is 0 Å². The van der Waals surface area contributed by atoms with E-state index in [-0.39, 0.29) is 5.92 Å². The summed E-state index contributed by atoms with van der Waals surface area (Å²) < 4.78 is 6.52. The summed E-state index contributed by atoms with van der Waals surface area (Å²) in [4.78, 5) is 2.45. The van der Waals surface area contributed by atoms with Gasteiger partial charge in [0.1, 0.15) is 11.2 Å². The van der Waals surface area contributed by atoms with Crippen LogP contribution in [0.25, 0.3) is 71.5 Å². The van der Waals surface area contributed by atoms with Crippen molar-refractivity contribution in [3.8, 4) is 11.1 Å². The number of furan rings is 1. The highest BCUT2D eigenvalue weighted by molar-refractivity contribution is 6.15. The van der Waals surface area contributed by atoms with E-state index < -0.39 is 0 Å². The van der Waals surface area contributed by atoms with Gasteiger partial charge in [-0.25, -0.2) is 0 Å². The number of anilines is 2. The van der Waals surface area contributed by atoms with E-state index in [4.69, 9.17) is 4.42 Å². The molecule has 1 unspecified atom stereocenters. The van der Waals surface area contributed by atoms with Gasteiger partial charge in [-0.1, -0.05) is 152 Å². The van der Waals surface area contributed by atoms with Crippen molar-refractivity contribution in [2.45, 2.75) is 20.3 Å². The Labute approximate surface area is 312 Å². The smallest absolute Gasteiger partial charge is 0.143 e. The van der Waals surface area contributed by atoms with Gasteiger partial charge < -0.3 is 9.32 Å². The second-order valence-corrected chi connectivity index (χ2v) is 13.9. The first-order chi connectivity index (χ1) is 26.0. The van der Waals surface area contributed by atoms with Crippen LogP contribution in [0.4, 0.5) is 11.4 Å². The number of fused-ring (bicyclic) bond motifs is 7. The minimum absolute atomic E-state index is 0.237. The lowest BCUT2D eigenvalue weighted by atomic mass is 9.91. The van der Waals surface area contributed by atoms with Crippen molar-refractivity contribution in [2.24, 2.45) is 5.92 Å². The molecule has 2 nitrogen and oxygen atoms in total. The summed E-state index contributed by atoms with van der Waals surface area (Å²) in [5.41, 5.74) is 9.96. The topological polar surface area (TPSA) is 16.4 Å². The molecule has 2 heteroatoms. The van der Waals surface area contributed by atoms with Crippen molar-refractivity contribution in [1.82, 2.24) is 0 Å². The monoisotopic (exact) mass is 685 g/mol. The van der Waals surface area contributed by atoms with E-state index in [2.05, 4.69) is 166 Å². The van der Waals surface area contributed by atoms with Crippen molar-refractivity contribution < 1.29 is 4.42 Å². The molecule has 53 heavy (non-hydrogen) atoms. The predicted molar refractivity (Wildman–Crippen MR) is 231 cm³/mol. The molecule has 0 radical (unpaired) electrons. The van der Waals surface area contributed by atoms with Crippen LogP contribution in [0.15, 0.2) is 181 Å². The van der Waals surface area contributed by atoms with E-state index >= 15 is 0 Å². The maximum Gasteiger partial charge on any atom is 0.143 e. The molecule has 1 heterocycles. The van der Waals surface area contributed by atoms with Gasteiger partial charge in [0.2, 0.25) is 0 Å². The third-order valence-electron chi connectivity index (χ3n) is 10.6. The first-order valence-corrected chi connectivity index (χ1v) is 18.4. The van der Waals surface area contributed by atoms with Crippen LogP contribution in [0.3, 0.4) is 0 Å². The first kappa shape index (κ1) is 33.7. The van der Waals surface area contributed by atoms with Crippen molar-refractivity contribution in [2.75, 3.05) is 11.4 Å². The summed E-state index contributed by atoms with van der Waals surface area (Å²) in [5.74, 6) is 0.237. The molecule has 0 aliphatic heterocycles. The van der Waals surface area contributed by atoms with Crippen LogP contribution in [0.1, 0.15) is 24.5 Å². The van der Waals surface area contributed by atoms with Crippen LogP contribution in [-0.2, 0) is 0 Å². The van der Waals surface area contributed by atoms with Gasteiger partial charge in [0.05, 0.1) is 0 Å². The summed E-state index contributed by atoms with van der Waals surface area (Å²) in [5, 5.41) is 9.59. The van der Waals surface area contributed by atoms with Crippen molar-refractivity contribution in [1.29, 1.82) is 0 Å². The average Bonchev–Trinajstić information content (AvgIpc) is 3.58. The predicted octanol–water partition coefficient (Wildman–Crippen LogP) is 14.7. The molecule has 0 fully saturated rings. The Kier molecular flexibility index (Phi) is 9.12. The van der Waals surface area contributed by atoms with E-state index in [0.717, 1.165) is 56.4 Å². The largest absolute Gasteiger partial charge is 0.455 e. The molecule has 8 aromatic rings. The number of aryl methyl sites for hydroxylation is 1. The molecule has 8 rings (SSSR count). The molecule has 0 spiro atoms. The molecule has 0 saturated carbocycles. The Hall–Kier alpha value is -6.38. The summed E-state index contributed by atoms with van der Waals surface area (Å²) >= 11 is 0. The maximum atomic E-state index is 6.52. The second kappa shape index (κ2) is 14.3. The zero-order valence-corrected chi connectivity index (χ0v) is 30.5. The lowest BCUT2D eigenvalue weighted by Crippen LogP contribution is -2.17. The zero-order chi connectivity index (χ0) is 36.5. The average molecular weight is 686 g/mol. The van der Waals surface area contributed by atoms with Gasteiger partial charge in [0.15, 0.2) is 0 Å². The molecule has 0 amide bonds. The molecule has 7 aromatic carbocycles. The zero-order valence-electron chi connectivity index (χ0n) is 30.5. The summed E-state index contributed by atoms with van der Waals surface area (Å²) in [6.45, 7) is 17.2. The summed E-state index contributed by atoms with van der Waals surface area (Å²) in [6.07, 6.45) is 13.5. The molecule has 0 N–H and O–H groups in total. The second-order valence-electron chi connectivity index (χ2n) is 13.9. The van der Waals surface area contributed by atoms with E-state index in [1.165, 1.54) is 43.4 Å². The number of hydrogen-bond acceptors (Lipinski definition) is 2. The number of allylic oxidation sites excluding steroid dienone is 5. The summed E-state index contributed by atoms with van der Waals surface area (Å²) in [7, 11) is 0. The molecular weight excluding hydrogens is 643 g/mol. The van der Waals surface area contributed by atoms with Gasteiger partial charge >= 0.3 is 0 Å². The summed E-state index contributed by atoms with van der Waals surface area (Å²) in [6, 6.07) is 43.7. The normalized spacial score (nSPS) is 12.5. The van der Waals surface area contributed by atoms with Crippen LogP contribution in [-0.4, -0.2) is 6.54 Å². The quantitative estimate of drug-likeness (QED) is 0.0765. The van der Waals surface area contributed by atoms with Crippen LogP contribution in [0, 0.1) is 12.8 Å². The van der Waals surface area contributed by atoms with Gasteiger partial charge in [-0.15, -0.1) is 6.58 Å². The highest BCUT2D eigenvalue weighted by Crippen LogP contribution is 2.43. The van der Waals surface area contributed by atoms with Gasteiger partial charge in [0, 0.05) is 45.6 Å². The number of benzene rings is 7. The van der Waals surface area contributed by atoms with Crippen LogP contribution >= 0.6 is 0 Å².